The van der Waals surface area contributed by atoms with Crippen LogP contribution >= 0.6 is 7.14 Å². The second-order valence-corrected chi connectivity index (χ2v) is 8.87. The molecule has 0 N–H and O–H groups in total. The minimum absolute atomic E-state index is 0.124. The third-order valence-electron chi connectivity index (χ3n) is 4.25. The fourth-order valence-corrected chi connectivity index (χ4v) is 6.39. The molecule has 0 saturated carbocycles. The molecule has 98 valence electrons. The summed E-state index contributed by atoms with van der Waals surface area (Å²) in [6, 6.07) is 18.2. The zero-order valence-corrected chi connectivity index (χ0v) is 12.4. The van der Waals surface area contributed by atoms with Gasteiger partial charge in [-0.05, 0) is 17.4 Å². The van der Waals surface area contributed by atoms with E-state index in [0.717, 1.165) is 23.2 Å². The molecule has 0 aliphatic carbocycles. The molecular weight excluding hydrogens is 251 g/mol. The fraction of sp³-hybridized carbons (Fsp3) is 0.294. The van der Waals surface area contributed by atoms with E-state index in [0.29, 0.717) is 0 Å². The first-order chi connectivity index (χ1) is 9.04. The van der Waals surface area contributed by atoms with Crippen LogP contribution in [0.25, 0.3) is 0 Å². The van der Waals surface area contributed by atoms with Gasteiger partial charge in [-0.3, -0.25) is 0 Å². The van der Waals surface area contributed by atoms with Gasteiger partial charge in [0.25, 0.3) is 0 Å². The van der Waals surface area contributed by atoms with Gasteiger partial charge >= 0.3 is 0 Å². The Kier molecular flexibility index (Phi) is 2.91. The lowest BCUT2D eigenvalue weighted by molar-refractivity contribution is 0.495. The van der Waals surface area contributed by atoms with Gasteiger partial charge in [0, 0.05) is 16.8 Å². The van der Waals surface area contributed by atoms with Gasteiger partial charge in [0.1, 0.15) is 7.14 Å². The van der Waals surface area contributed by atoms with Crippen molar-refractivity contribution in [1.29, 1.82) is 0 Å². The van der Waals surface area contributed by atoms with Gasteiger partial charge in [0.15, 0.2) is 0 Å². The molecule has 0 spiro atoms. The number of hydrogen-bond acceptors (Lipinski definition) is 1. The van der Waals surface area contributed by atoms with E-state index in [1.807, 2.05) is 36.4 Å². The molecule has 1 aliphatic heterocycles. The Morgan fingerprint density at radius 1 is 0.947 bits per heavy atom. The van der Waals surface area contributed by atoms with E-state index in [4.69, 9.17) is 0 Å². The summed E-state index contributed by atoms with van der Waals surface area (Å²) in [5.74, 6) is 0. The van der Waals surface area contributed by atoms with Crippen LogP contribution in [0.5, 0.6) is 0 Å². The maximum absolute atomic E-state index is 13.5. The van der Waals surface area contributed by atoms with Gasteiger partial charge in [0.05, 0.1) is 0 Å². The number of benzene rings is 2. The smallest absolute Gasteiger partial charge is 0.143 e. The Morgan fingerprint density at radius 3 is 2.32 bits per heavy atom. The molecule has 0 fully saturated rings. The van der Waals surface area contributed by atoms with Crippen molar-refractivity contribution in [2.24, 2.45) is 0 Å². The van der Waals surface area contributed by atoms with Crippen LogP contribution in [0.4, 0.5) is 0 Å². The molecule has 0 bridgehead atoms. The van der Waals surface area contributed by atoms with Crippen molar-refractivity contribution in [3.8, 4) is 0 Å². The molecular formula is C17H19OP. The number of rotatable bonds is 1. The van der Waals surface area contributed by atoms with Crippen LogP contribution in [-0.2, 0) is 9.98 Å². The SMILES string of the molecule is CC1(C)CCP(=O)(c2ccccc2)c2ccccc21. The summed E-state index contributed by atoms with van der Waals surface area (Å²) in [6.07, 6.45) is 1.76. The van der Waals surface area contributed by atoms with E-state index in [-0.39, 0.29) is 5.41 Å². The second kappa shape index (κ2) is 4.35. The molecule has 1 heterocycles. The Balaban J connectivity index is 2.24. The van der Waals surface area contributed by atoms with Crippen molar-refractivity contribution >= 4 is 17.8 Å². The van der Waals surface area contributed by atoms with Crippen molar-refractivity contribution < 1.29 is 4.57 Å². The highest BCUT2D eigenvalue weighted by Gasteiger charge is 2.39. The summed E-state index contributed by atoms with van der Waals surface area (Å²) >= 11 is 0. The topological polar surface area (TPSA) is 17.1 Å². The summed E-state index contributed by atoms with van der Waals surface area (Å²) in [4.78, 5) is 0. The average molecular weight is 270 g/mol. The molecule has 1 unspecified atom stereocenters. The molecule has 3 rings (SSSR count). The third-order valence-corrected chi connectivity index (χ3v) is 7.40. The van der Waals surface area contributed by atoms with Gasteiger partial charge in [-0.15, -0.1) is 0 Å². The lowest BCUT2D eigenvalue weighted by atomic mass is 9.82. The summed E-state index contributed by atoms with van der Waals surface area (Å²) < 4.78 is 13.5. The van der Waals surface area contributed by atoms with E-state index in [1.165, 1.54) is 5.56 Å². The maximum atomic E-state index is 13.5. The second-order valence-electron chi connectivity index (χ2n) is 5.95. The van der Waals surface area contributed by atoms with E-state index in [9.17, 15) is 4.57 Å². The monoisotopic (exact) mass is 270 g/mol. The lowest BCUT2D eigenvalue weighted by Gasteiger charge is -2.37. The summed E-state index contributed by atoms with van der Waals surface area (Å²) in [5, 5.41) is 2.07. The van der Waals surface area contributed by atoms with Gasteiger partial charge < -0.3 is 4.57 Å². The van der Waals surface area contributed by atoms with Crippen LogP contribution in [0.2, 0.25) is 0 Å². The minimum Gasteiger partial charge on any atom is -0.314 e. The zero-order chi connectivity index (χ0) is 13.5. The fourth-order valence-electron chi connectivity index (χ4n) is 2.99. The Hall–Kier alpha value is -1.33. The van der Waals surface area contributed by atoms with Crippen molar-refractivity contribution in [1.82, 2.24) is 0 Å². The summed E-state index contributed by atoms with van der Waals surface area (Å²) in [5.41, 5.74) is 1.38. The van der Waals surface area contributed by atoms with Crippen LogP contribution in [0.1, 0.15) is 25.8 Å². The molecule has 2 aromatic carbocycles. The predicted octanol–water partition coefficient (Wildman–Crippen LogP) is 3.68. The average Bonchev–Trinajstić information content (AvgIpc) is 2.45. The molecule has 2 aromatic rings. The molecule has 19 heavy (non-hydrogen) atoms. The highest BCUT2D eigenvalue weighted by atomic mass is 31.2. The summed E-state index contributed by atoms with van der Waals surface area (Å²) in [6.45, 7) is 4.50. The Bertz CT molecular complexity index is 643. The third kappa shape index (κ3) is 1.97. The largest absolute Gasteiger partial charge is 0.314 e. The summed E-state index contributed by atoms with van der Waals surface area (Å²) in [7, 11) is -2.44. The highest BCUT2D eigenvalue weighted by Crippen LogP contribution is 2.52. The first-order valence-electron chi connectivity index (χ1n) is 6.79. The molecule has 0 amide bonds. The Morgan fingerprint density at radius 2 is 1.58 bits per heavy atom. The minimum atomic E-state index is -2.44. The molecule has 1 nitrogen and oxygen atoms in total. The molecule has 0 aromatic heterocycles. The van der Waals surface area contributed by atoms with Crippen molar-refractivity contribution in [3.05, 3.63) is 60.2 Å². The van der Waals surface area contributed by atoms with Gasteiger partial charge in [-0.2, -0.15) is 0 Å². The van der Waals surface area contributed by atoms with E-state index in [2.05, 4.69) is 32.0 Å². The van der Waals surface area contributed by atoms with Crippen molar-refractivity contribution in [3.63, 3.8) is 0 Å². The standard InChI is InChI=1S/C17H19OP/c1-17(2)12-13-19(18,14-8-4-3-5-9-14)16-11-7-6-10-15(16)17/h3-11H,12-13H2,1-2H3. The van der Waals surface area contributed by atoms with Crippen LogP contribution in [0.3, 0.4) is 0 Å². The zero-order valence-electron chi connectivity index (χ0n) is 11.5. The van der Waals surface area contributed by atoms with Crippen LogP contribution < -0.4 is 10.6 Å². The van der Waals surface area contributed by atoms with Crippen molar-refractivity contribution in [2.45, 2.75) is 25.7 Å². The van der Waals surface area contributed by atoms with Gasteiger partial charge in [-0.1, -0.05) is 68.4 Å². The quantitative estimate of drug-likeness (QED) is 0.722. The van der Waals surface area contributed by atoms with Crippen LogP contribution in [-0.4, -0.2) is 6.16 Å². The Labute approximate surface area is 115 Å². The molecule has 2 heteroatoms. The molecule has 0 saturated heterocycles. The molecule has 1 atom stereocenters. The maximum Gasteiger partial charge on any atom is 0.143 e. The molecule has 1 aliphatic rings. The van der Waals surface area contributed by atoms with E-state index in [1.54, 1.807) is 0 Å². The number of hydrogen-bond donors (Lipinski definition) is 0. The van der Waals surface area contributed by atoms with Crippen LogP contribution in [0.15, 0.2) is 54.6 Å². The predicted molar refractivity (Wildman–Crippen MR) is 82.3 cm³/mol. The number of fused-ring (bicyclic) bond motifs is 1. The first-order valence-corrected chi connectivity index (χ1v) is 8.68. The van der Waals surface area contributed by atoms with Crippen molar-refractivity contribution in [2.75, 3.05) is 6.16 Å². The highest BCUT2D eigenvalue weighted by molar-refractivity contribution is 7.78. The first kappa shape index (κ1) is 12.7. The van der Waals surface area contributed by atoms with E-state index >= 15 is 0 Å². The molecule has 0 radical (unpaired) electrons. The van der Waals surface area contributed by atoms with Crippen LogP contribution in [0, 0.1) is 0 Å². The van der Waals surface area contributed by atoms with Gasteiger partial charge in [0.2, 0.25) is 0 Å². The van der Waals surface area contributed by atoms with E-state index < -0.39 is 7.14 Å². The normalized spacial score (nSPS) is 24.7. The van der Waals surface area contributed by atoms with Gasteiger partial charge in [-0.25, -0.2) is 0 Å². The lowest BCUT2D eigenvalue weighted by Crippen LogP contribution is -2.35.